The van der Waals surface area contributed by atoms with Crippen molar-refractivity contribution in [2.75, 3.05) is 12.3 Å². The van der Waals surface area contributed by atoms with E-state index in [4.69, 9.17) is 22.4 Å². The van der Waals surface area contributed by atoms with Crippen LogP contribution in [0.4, 0.5) is 5.69 Å². The van der Waals surface area contributed by atoms with Crippen LogP contribution in [-0.2, 0) is 6.54 Å². The summed E-state index contributed by atoms with van der Waals surface area (Å²) < 4.78 is 1.43. The second-order valence-electron chi connectivity index (χ2n) is 3.23. The fourth-order valence-electron chi connectivity index (χ4n) is 1.22. The fourth-order valence-corrected chi connectivity index (χ4v) is 1.34. The first kappa shape index (κ1) is 12.0. The molecule has 0 fully saturated rings. The summed E-state index contributed by atoms with van der Waals surface area (Å²) in [6.07, 6.45) is 3.81. The lowest BCUT2D eigenvalue weighted by atomic mass is 10.2. The molecule has 0 atom stereocenters. The first-order chi connectivity index (χ1) is 7.16. The molecule has 0 aliphatic rings. The summed E-state index contributed by atoms with van der Waals surface area (Å²) in [6.45, 7) is 0.725. The van der Waals surface area contributed by atoms with Crippen LogP contribution in [0.5, 0.6) is 0 Å². The van der Waals surface area contributed by atoms with Gasteiger partial charge in [0.05, 0.1) is 6.33 Å². The standard InChI is InChI=1S/C9H14ClN3O2/c10-8-7(11)9(15)13(6-12-8)4-2-1-3-5-14/h6,14H,1-5,11H2. The Morgan fingerprint density at radius 2 is 2.20 bits per heavy atom. The van der Waals surface area contributed by atoms with E-state index in [2.05, 4.69) is 4.98 Å². The Kier molecular flexibility index (Phi) is 4.58. The molecular formula is C9H14ClN3O2. The smallest absolute Gasteiger partial charge is 0.278 e. The maximum atomic E-state index is 11.5. The highest BCUT2D eigenvalue weighted by molar-refractivity contribution is 6.31. The average Bonchev–Trinajstić information content (AvgIpc) is 2.24. The summed E-state index contributed by atoms with van der Waals surface area (Å²) in [6, 6.07) is 0. The number of halogens is 1. The Hall–Kier alpha value is -1.07. The molecule has 0 aromatic carbocycles. The van der Waals surface area contributed by atoms with Gasteiger partial charge in [-0.2, -0.15) is 0 Å². The summed E-state index contributed by atoms with van der Waals surface area (Å²) in [5.74, 6) is 0. The highest BCUT2D eigenvalue weighted by atomic mass is 35.5. The number of unbranched alkanes of at least 4 members (excludes halogenated alkanes) is 2. The van der Waals surface area contributed by atoms with E-state index in [9.17, 15) is 4.79 Å². The van der Waals surface area contributed by atoms with Crippen LogP contribution in [0.3, 0.4) is 0 Å². The predicted molar refractivity (Wildman–Crippen MR) is 58.9 cm³/mol. The van der Waals surface area contributed by atoms with Crippen LogP contribution in [0.25, 0.3) is 0 Å². The number of aromatic nitrogens is 2. The van der Waals surface area contributed by atoms with Crippen molar-refractivity contribution in [1.29, 1.82) is 0 Å². The third kappa shape index (κ3) is 3.21. The molecule has 0 radical (unpaired) electrons. The van der Waals surface area contributed by atoms with Crippen molar-refractivity contribution in [3.8, 4) is 0 Å². The monoisotopic (exact) mass is 231 g/mol. The Bertz CT molecular complexity index is 378. The van der Waals surface area contributed by atoms with E-state index < -0.39 is 0 Å². The molecule has 5 nitrogen and oxygen atoms in total. The molecule has 1 aromatic heterocycles. The minimum absolute atomic E-state index is 0.0127. The molecular weight excluding hydrogens is 218 g/mol. The summed E-state index contributed by atoms with van der Waals surface area (Å²) in [5.41, 5.74) is 5.13. The third-order valence-corrected chi connectivity index (χ3v) is 2.38. The van der Waals surface area contributed by atoms with Gasteiger partial charge in [-0.05, 0) is 19.3 Å². The van der Waals surface area contributed by atoms with Gasteiger partial charge in [0.15, 0.2) is 5.15 Å². The third-order valence-electron chi connectivity index (χ3n) is 2.08. The van der Waals surface area contributed by atoms with Crippen LogP contribution in [-0.4, -0.2) is 21.3 Å². The lowest BCUT2D eigenvalue weighted by Crippen LogP contribution is -2.23. The van der Waals surface area contributed by atoms with Gasteiger partial charge in [-0.15, -0.1) is 0 Å². The van der Waals surface area contributed by atoms with E-state index in [1.807, 2.05) is 0 Å². The number of aliphatic hydroxyl groups is 1. The van der Waals surface area contributed by atoms with E-state index in [-0.39, 0.29) is 23.0 Å². The Balaban J connectivity index is 2.63. The molecule has 15 heavy (non-hydrogen) atoms. The van der Waals surface area contributed by atoms with Gasteiger partial charge >= 0.3 is 0 Å². The molecule has 0 aliphatic heterocycles. The summed E-state index contributed by atoms with van der Waals surface area (Å²) in [5, 5.41) is 8.63. The number of hydrogen-bond acceptors (Lipinski definition) is 4. The van der Waals surface area contributed by atoms with Crippen LogP contribution < -0.4 is 11.3 Å². The maximum absolute atomic E-state index is 11.5. The molecule has 0 saturated carbocycles. The van der Waals surface area contributed by atoms with Gasteiger partial charge in [-0.1, -0.05) is 11.6 Å². The van der Waals surface area contributed by atoms with Crippen molar-refractivity contribution in [1.82, 2.24) is 9.55 Å². The average molecular weight is 232 g/mol. The van der Waals surface area contributed by atoms with Crippen molar-refractivity contribution in [3.63, 3.8) is 0 Å². The van der Waals surface area contributed by atoms with Crippen molar-refractivity contribution >= 4 is 17.3 Å². The molecule has 1 heterocycles. The number of nitrogen functional groups attached to an aromatic ring is 1. The van der Waals surface area contributed by atoms with Crippen molar-refractivity contribution in [3.05, 3.63) is 21.8 Å². The Morgan fingerprint density at radius 1 is 1.47 bits per heavy atom. The van der Waals surface area contributed by atoms with E-state index in [0.29, 0.717) is 6.54 Å². The molecule has 6 heteroatoms. The normalized spacial score (nSPS) is 10.5. The van der Waals surface area contributed by atoms with Crippen molar-refractivity contribution < 1.29 is 5.11 Å². The van der Waals surface area contributed by atoms with Crippen LogP contribution in [0.1, 0.15) is 19.3 Å². The zero-order valence-corrected chi connectivity index (χ0v) is 9.07. The molecule has 3 N–H and O–H groups in total. The van der Waals surface area contributed by atoms with Gasteiger partial charge in [0.2, 0.25) is 0 Å². The van der Waals surface area contributed by atoms with Crippen LogP contribution >= 0.6 is 11.6 Å². The van der Waals surface area contributed by atoms with Gasteiger partial charge in [0.1, 0.15) is 5.69 Å². The Labute approximate surface area is 92.5 Å². The molecule has 1 aromatic rings. The fraction of sp³-hybridized carbons (Fsp3) is 0.556. The second kappa shape index (κ2) is 5.72. The van der Waals surface area contributed by atoms with E-state index in [1.165, 1.54) is 10.9 Å². The summed E-state index contributed by atoms with van der Waals surface area (Å²) in [7, 11) is 0. The largest absolute Gasteiger partial charge is 0.396 e. The van der Waals surface area contributed by atoms with Gasteiger partial charge in [-0.25, -0.2) is 4.98 Å². The van der Waals surface area contributed by atoms with Gasteiger partial charge < -0.3 is 10.8 Å². The minimum Gasteiger partial charge on any atom is -0.396 e. The minimum atomic E-state index is -0.306. The molecule has 0 bridgehead atoms. The van der Waals surface area contributed by atoms with Gasteiger partial charge in [0.25, 0.3) is 5.56 Å². The number of anilines is 1. The zero-order chi connectivity index (χ0) is 11.3. The first-order valence-electron chi connectivity index (χ1n) is 4.78. The van der Waals surface area contributed by atoms with Crippen LogP contribution in [0, 0.1) is 0 Å². The molecule has 84 valence electrons. The molecule has 0 amide bonds. The zero-order valence-electron chi connectivity index (χ0n) is 8.32. The van der Waals surface area contributed by atoms with E-state index in [1.54, 1.807) is 0 Å². The van der Waals surface area contributed by atoms with Crippen molar-refractivity contribution in [2.45, 2.75) is 25.8 Å². The number of aliphatic hydroxyl groups excluding tert-OH is 1. The topological polar surface area (TPSA) is 81.1 Å². The molecule has 1 rings (SSSR count). The van der Waals surface area contributed by atoms with E-state index in [0.717, 1.165) is 19.3 Å². The predicted octanol–water partition coefficient (Wildman–Crippen LogP) is 0.641. The van der Waals surface area contributed by atoms with Gasteiger partial charge in [-0.3, -0.25) is 9.36 Å². The number of nitrogens with two attached hydrogens (primary N) is 1. The lowest BCUT2D eigenvalue weighted by molar-refractivity contribution is 0.281. The lowest BCUT2D eigenvalue weighted by Gasteiger charge is -2.05. The molecule has 0 aliphatic carbocycles. The number of nitrogens with zero attached hydrogens (tertiary/aromatic N) is 2. The first-order valence-corrected chi connectivity index (χ1v) is 5.16. The second-order valence-corrected chi connectivity index (χ2v) is 3.59. The molecule has 0 unspecified atom stereocenters. The van der Waals surface area contributed by atoms with Gasteiger partial charge in [0, 0.05) is 13.2 Å². The number of hydrogen-bond donors (Lipinski definition) is 2. The quantitative estimate of drug-likeness (QED) is 0.576. The number of rotatable bonds is 5. The number of aryl methyl sites for hydroxylation is 1. The molecule has 0 spiro atoms. The summed E-state index contributed by atoms with van der Waals surface area (Å²) in [4.78, 5) is 15.3. The Morgan fingerprint density at radius 3 is 2.87 bits per heavy atom. The highest BCUT2D eigenvalue weighted by Gasteiger charge is 2.05. The van der Waals surface area contributed by atoms with Crippen molar-refractivity contribution in [2.24, 2.45) is 0 Å². The van der Waals surface area contributed by atoms with Crippen LogP contribution in [0.2, 0.25) is 5.15 Å². The highest BCUT2D eigenvalue weighted by Crippen LogP contribution is 2.08. The summed E-state index contributed by atoms with van der Waals surface area (Å²) >= 11 is 5.59. The molecule has 0 saturated heterocycles. The van der Waals surface area contributed by atoms with Crippen LogP contribution in [0.15, 0.2) is 11.1 Å². The van der Waals surface area contributed by atoms with E-state index >= 15 is 0 Å². The maximum Gasteiger partial charge on any atom is 0.278 e. The SMILES string of the molecule is Nc1c(Cl)ncn(CCCCCO)c1=O.